The summed E-state index contributed by atoms with van der Waals surface area (Å²) in [5.41, 5.74) is 0.0388. The zero-order chi connectivity index (χ0) is 15.0. The zero-order valence-corrected chi connectivity index (χ0v) is 12.1. The number of carbonyl (C=O) groups is 1. The second kappa shape index (κ2) is 8.55. The number of aliphatic hydroxyl groups excluding tert-OH is 1. The van der Waals surface area contributed by atoms with Gasteiger partial charge in [-0.3, -0.25) is 14.9 Å². The van der Waals surface area contributed by atoms with E-state index in [4.69, 9.17) is 5.11 Å². The first-order valence-electron chi connectivity index (χ1n) is 6.31. The summed E-state index contributed by atoms with van der Waals surface area (Å²) in [7, 11) is 0. The molecule has 110 valence electrons. The van der Waals surface area contributed by atoms with E-state index in [1.54, 1.807) is 19.1 Å². The smallest absolute Gasteiger partial charge is 0.269 e. The van der Waals surface area contributed by atoms with Crippen LogP contribution in [0.25, 0.3) is 0 Å². The first-order chi connectivity index (χ1) is 9.49. The number of nitro groups is 1. The highest BCUT2D eigenvalue weighted by Gasteiger charge is 2.06. The number of nitrogens with one attached hydrogen (secondary N) is 1. The number of nitro benzene ring substituents is 1. The third-order valence-electron chi connectivity index (χ3n) is 2.54. The fourth-order valence-corrected chi connectivity index (χ4v) is 2.22. The first kappa shape index (κ1) is 16.5. The van der Waals surface area contributed by atoms with E-state index in [1.807, 2.05) is 0 Å². The number of amides is 1. The number of hydrogen-bond donors (Lipinski definition) is 2. The van der Waals surface area contributed by atoms with Crippen molar-refractivity contribution in [1.29, 1.82) is 0 Å². The molecule has 0 radical (unpaired) electrons. The van der Waals surface area contributed by atoms with E-state index in [-0.39, 0.29) is 23.5 Å². The van der Waals surface area contributed by atoms with Crippen molar-refractivity contribution in [1.82, 2.24) is 5.32 Å². The minimum Gasteiger partial charge on any atom is -0.393 e. The Morgan fingerprint density at radius 3 is 2.65 bits per heavy atom. The highest BCUT2D eigenvalue weighted by Crippen LogP contribution is 2.20. The van der Waals surface area contributed by atoms with E-state index < -0.39 is 4.92 Å². The Kier molecular flexibility index (Phi) is 7.03. The lowest BCUT2D eigenvalue weighted by atomic mass is 10.2. The van der Waals surface area contributed by atoms with Gasteiger partial charge in [0.05, 0.1) is 16.8 Å². The molecule has 0 aliphatic heterocycles. The Labute approximate surface area is 121 Å². The molecule has 1 aromatic carbocycles. The molecule has 6 nitrogen and oxygen atoms in total. The standard InChI is InChI=1S/C13H18N2O4S/c1-10(16)3-2-8-14-13(17)9-20-12-6-4-11(5-7-12)15(18)19/h4-7,10,16H,2-3,8-9H2,1H3,(H,14,17). The first-order valence-corrected chi connectivity index (χ1v) is 7.29. The Hall–Kier alpha value is -1.60. The molecule has 0 saturated carbocycles. The van der Waals surface area contributed by atoms with Crippen LogP contribution >= 0.6 is 11.8 Å². The van der Waals surface area contributed by atoms with E-state index >= 15 is 0 Å². The molecular formula is C13H18N2O4S. The molecule has 0 spiro atoms. The molecule has 0 aliphatic rings. The molecule has 1 aromatic rings. The van der Waals surface area contributed by atoms with Gasteiger partial charge in [0.1, 0.15) is 0 Å². The third kappa shape index (κ3) is 6.53. The summed E-state index contributed by atoms with van der Waals surface area (Å²) in [6.45, 7) is 2.26. The van der Waals surface area contributed by atoms with Gasteiger partial charge in [-0.05, 0) is 31.9 Å². The van der Waals surface area contributed by atoms with Gasteiger partial charge >= 0.3 is 0 Å². The second-order valence-electron chi connectivity index (χ2n) is 4.38. The molecule has 0 bridgehead atoms. The van der Waals surface area contributed by atoms with Crippen LogP contribution in [0.2, 0.25) is 0 Å². The Bertz CT molecular complexity index is 448. The van der Waals surface area contributed by atoms with Crippen LogP contribution < -0.4 is 5.32 Å². The molecule has 7 heteroatoms. The fraction of sp³-hybridized carbons (Fsp3) is 0.462. The fourth-order valence-electron chi connectivity index (χ4n) is 1.49. The van der Waals surface area contributed by atoms with Crippen LogP contribution in [-0.2, 0) is 4.79 Å². The van der Waals surface area contributed by atoms with Crippen LogP contribution in [0.1, 0.15) is 19.8 Å². The summed E-state index contributed by atoms with van der Waals surface area (Å²) in [5, 5.41) is 22.3. The number of rotatable bonds is 8. The van der Waals surface area contributed by atoms with Crippen LogP contribution in [0.5, 0.6) is 0 Å². The predicted octanol–water partition coefficient (Wildman–Crippen LogP) is 1.96. The van der Waals surface area contributed by atoms with E-state index in [1.165, 1.54) is 23.9 Å². The summed E-state index contributed by atoms with van der Waals surface area (Å²) in [6, 6.07) is 6.10. The van der Waals surface area contributed by atoms with Crippen molar-refractivity contribution in [2.75, 3.05) is 12.3 Å². The molecule has 0 heterocycles. The average molecular weight is 298 g/mol. The van der Waals surface area contributed by atoms with Crippen molar-refractivity contribution in [2.45, 2.75) is 30.8 Å². The molecular weight excluding hydrogens is 280 g/mol. The molecule has 0 aliphatic carbocycles. The minimum absolute atomic E-state index is 0.0388. The van der Waals surface area contributed by atoms with Crippen molar-refractivity contribution in [3.05, 3.63) is 34.4 Å². The third-order valence-corrected chi connectivity index (χ3v) is 3.55. The highest BCUT2D eigenvalue weighted by molar-refractivity contribution is 8.00. The SMILES string of the molecule is CC(O)CCCNC(=O)CSc1ccc([N+](=O)[O-])cc1. The molecule has 0 aromatic heterocycles. The van der Waals surface area contributed by atoms with Gasteiger partial charge in [-0.15, -0.1) is 11.8 Å². The van der Waals surface area contributed by atoms with Crippen LogP contribution in [0.3, 0.4) is 0 Å². The van der Waals surface area contributed by atoms with Gasteiger partial charge in [-0.1, -0.05) is 0 Å². The van der Waals surface area contributed by atoms with E-state index in [0.717, 1.165) is 11.3 Å². The van der Waals surface area contributed by atoms with Gasteiger partial charge in [0.25, 0.3) is 5.69 Å². The maximum atomic E-state index is 11.5. The summed E-state index contributed by atoms with van der Waals surface area (Å²) in [4.78, 5) is 22.4. The molecule has 1 unspecified atom stereocenters. The van der Waals surface area contributed by atoms with Crippen molar-refractivity contribution >= 4 is 23.4 Å². The zero-order valence-electron chi connectivity index (χ0n) is 11.2. The minimum atomic E-state index is -0.455. The van der Waals surface area contributed by atoms with Crippen LogP contribution in [0, 0.1) is 10.1 Å². The van der Waals surface area contributed by atoms with Crippen LogP contribution in [-0.4, -0.2) is 34.3 Å². The lowest BCUT2D eigenvalue weighted by molar-refractivity contribution is -0.384. The van der Waals surface area contributed by atoms with Crippen molar-refractivity contribution in [3.63, 3.8) is 0 Å². The van der Waals surface area contributed by atoms with E-state index in [9.17, 15) is 14.9 Å². The number of hydrogen-bond acceptors (Lipinski definition) is 5. The summed E-state index contributed by atoms with van der Waals surface area (Å²) in [5.74, 6) is 0.186. The largest absolute Gasteiger partial charge is 0.393 e. The van der Waals surface area contributed by atoms with Gasteiger partial charge < -0.3 is 10.4 Å². The van der Waals surface area contributed by atoms with Crippen molar-refractivity contribution in [2.24, 2.45) is 0 Å². The highest BCUT2D eigenvalue weighted by atomic mass is 32.2. The normalized spacial score (nSPS) is 11.9. The Morgan fingerprint density at radius 1 is 1.45 bits per heavy atom. The number of benzene rings is 1. The molecule has 1 rings (SSSR count). The molecule has 20 heavy (non-hydrogen) atoms. The molecule has 0 fully saturated rings. The van der Waals surface area contributed by atoms with Gasteiger partial charge in [0.2, 0.25) is 5.91 Å². The monoisotopic (exact) mass is 298 g/mol. The van der Waals surface area contributed by atoms with Gasteiger partial charge in [-0.2, -0.15) is 0 Å². The topological polar surface area (TPSA) is 92.5 Å². The molecule has 0 saturated heterocycles. The lowest BCUT2D eigenvalue weighted by Crippen LogP contribution is -2.26. The lowest BCUT2D eigenvalue weighted by Gasteiger charge is -2.06. The predicted molar refractivity (Wildman–Crippen MR) is 77.7 cm³/mol. The summed E-state index contributed by atoms with van der Waals surface area (Å²) < 4.78 is 0. The van der Waals surface area contributed by atoms with Crippen molar-refractivity contribution < 1.29 is 14.8 Å². The Balaban J connectivity index is 2.25. The van der Waals surface area contributed by atoms with Gasteiger partial charge in [0, 0.05) is 23.6 Å². The maximum absolute atomic E-state index is 11.5. The summed E-state index contributed by atoms with van der Waals surface area (Å²) in [6.07, 6.45) is 1.06. The maximum Gasteiger partial charge on any atom is 0.269 e. The second-order valence-corrected chi connectivity index (χ2v) is 5.43. The number of carbonyl (C=O) groups excluding carboxylic acids is 1. The average Bonchev–Trinajstić information content (AvgIpc) is 2.41. The van der Waals surface area contributed by atoms with Crippen LogP contribution in [0.4, 0.5) is 5.69 Å². The van der Waals surface area contributed by atoms with Crippen molar-refractivity contribution in [3.8, 4) is 0 Å². The van der Waals surface area contributed by atoms with Crippen LogP contribution in [0.15, 0.2) is 29.2 Å². The van der Waals surface area contributed by atoms with Gasteiger partial charge in [0.15, 0.2) is 0 Å². The number of nitrogens with zero attached hydrogens (tertiary/aromatic N) is 1. The molecule has 1 amide bonds. The molecule has 1 atom stereocenters. The van der Waals surface area contributed by atoms with E-state index in [0.29, 0.717) is 13.0 Å². The Morgan fingerprint density at radius 2 is 2.10 bits per heavy atom. The summed E-state index contributed by atoms with van der Waals surface area (Å²) >= 11 is 1.33. The number of non-ortho nitro benzene ring substituents is 1. The quantitative estimate of drug-likeness (QED) is 0.331. The number of aliphatic hydroxyl groups is 1. The number of thioether (sulfide) groups is 1. The molecule has 2 N–H and O–H groups in total. The van der Waals surface area contributed by atoms with E-state index in [2.05, 4.69) is 5.32 Å². The van der Waals surface area contributed by atoms with Gasteiger partial charge in [-0.25, -0.2) is 0 Å².